The van der Waals surface area contributed by atoms with Crippen LogP contribution in [0.1, 0.15) is 110 Å². The zero-order valence-electron chi connectivity index (χ0n) is 22.5. The van der Waals surface area contributed by atoms with Crippen LogP contribution in [0.3, 0.4) is 0 Å². The second-order valence-electron chi connectivity index (χ2n) is 11.8. The molecule has 0 bridgehead atoms. The van der Waals surface area contributed by atoms with E-state index in [4.69, 9.17) is 4.74 Å². The third-order valence-corrected chi connectivity index (χ3v) is 6.73. The van der Waals surface area contributed by atoms with Crippen LogP contribution in [0.5, 0.6) is 0 Å². The molecule has 0 N–H and O–H groups in total. The fraction of sp³-hybridized carbons (Fsp3) is 0.964. The highest BCUT2D eigenvalue weighted by Gasteiger charge is 2.31. The average Bonchev–Trinajstić information content (AvgIpc) is 3.31. The number of hydrogen-bond acceptors (Lipinski definition) is 4. The van der Waals surface area contributed by atoms with Crippen LogP contribution < -0.4 is 0 Å². The van der Waals surface area contributed by atoms with Crippen LogP contribution in [0.25, 0.3) is 0 Å². The summed E-state index contributed by atoms with van der Waals surface area (Å²) in [6, 6.07) is 1.17. The lowest BCUT2D eigenvalue weighted by Crippen LogP contribution is -2.45. The molecule has 3 heterocycles. The van der Waals surface area contributed by atoms with Crippen molar-refractivity contribution < 1.29 is 9.53 Å². The molecule has 5 nitrogen and oxygen atoms in total. The summed E-state index contributed by atoms with van der Waals surface area (Å²) in [5.41, 5.74) is 0.780. The summed E-state index contributed by atoms with van der Waals surface area (Å²) in [6.07, 6.45) is 5.51. The van der Waals surface area contributed by atoms with E-state index in [0.717, 1.165) is 18.5 Å². The smallest absolute Gasteiger partial charge is 0.248 e. The molecule has 0 aliphatic carbocycles. The molecule has 3 fully saturated rings. The predicted molar refractivity (Wildman–Crippen MR) is 146 cm³/mol. The Kier molecular flexibility index (Phi) is 16.1. The lowest BCUT2D eigenvalue weighted by atomic mass is 10.0. The molecule has 0 aromatic carbocycles. The zero-order valence-corrected chi connectivity index (χ0v) is 22.5. The van der Waals surface area contributed by atoms with Gasteiger partial charge in [0.05, 0.1) is 6.61 Å². The quantitative estimate of drug-likeness (QED) is 0.473. The van der Waals surface area contributed by atoms with Crippen LogP contribution in [-0.4, -0.2) is 83.2 Å². The second-order valence-corrected chi connectivity index (χ2v) is 11.8. The van der Waals surface area contributed by atoms with Crippen molar-refractivity contribution >= 4 is 5.91 Å². The molecule has 0 aromatic rings. The summed E-state index contributed by atoms with van der Waals surface area (Å²) in [6.45, 7) is 28.1. The number of rotatable bonds is 2. The van der Waals surface area contributed by atoms with Gasteiger partial charge in [0, 0.05) is 36.3 Å². The van der Waals surface area contributed by atoms with E-state index < -0.39 is 0 Å². The highest BCUT2D eigenvalue weighted by atomic mass is 16.5. The predicted octanol–water partition coefficient (Wildman–Crippen LogP) is 6.31. The molecule has 2 atom stereocenters. The first-order valence-electron chi connectivity index (χ1n) is 12.7. The lowest BCUT2D eigenvalue weighted by Gasteiger charge is -2.36. The summed E-state index contributed by atoms with van der Waals surface area (Å²) in [5.74, 6) is 1.03. The number of morpholine rings is 1. The normalized spacial score (nSPS) is 24.3. The number of carbonyl (C=O) groups excluding carboxylic acids is 1. The van der Waals surface area contributed by atoms with Gasteiger partial charge in [0.2, 0.25) is 5.91 Å². The van der Waals surface area contributed by atoms with Gasteiger partial charge in [-0.3, -0.25) is 14.6 Å². The second kappa shape index (κ2) is 15.4. The van der Waals surface area contributed by atoms with Crippen LogP contribution in [0.15, 0.2) is 0 Å². The Labute approximate surface area is 208 Å². The number of likely N-dealkylation sites (tertiary alicyclic amines) is 2. The van der Waals surface area contributed by atoms with Gasteiger partial charge in [-0.25, -0.2) is 0 Å². The van der Waals surface area contributed by atoms with E-state index in [1.807, 2.05) is 18.7 Å². The van der Waals surface area contributed by atoms with Crippen molar-refractivity contribution in [1.82, 2.24) is 14.7 Å². The first-order chi connectivity index (χ1) is 14.3. The first-order valence-corrected chi connectivity index (χ1v) is 12.7. The fourth-order valence-corrected chi connectivity index (χ4v) is 4.76. The van der Waals surface area contributed by atoms with E-state index in [1.54, 1.807) is 0 Å². The maximum absolute atomic E-state index is 11.0. The van der Waals surface area contributed by atoms with Crippen LogP contribution in [0.4, 0.5) is 0 Å². The molecule has 3 saturated heterocycles. The van der Waals surface area contributed by atoms with E-state index in [0.29, 0.717) is 23.7 Å². The highest BCUT2D eigenvalue weighted by Crippen LogP contribution is 2.27. The molecule has 2 unspecified atom stereocenters. The highest BCUT2D eigenvalue weighted by molar-refractivity contribution is 5.78. The summed E-state index contributed by atoms with van der Waals surface area (Å²) in [4.78, 5) is 18.1. The minimum Gasteiger partial charge on any atom is -0.370 e. The molecule has 0 radical (unpaired) electrons. The number of nitrogens with zero attached hydrogens (tertiary/aromatic N) is 3. The average molecular weight is 472 g/mol. The molecule has 0 aromatic heterocycles. The molecule has 3 rings (SSSR count). The number of carbonyl (C=O) groups is 1. The summed E-state index contributed by atoms with van der Waals surface area (Å²) in [5, 5.41) is 0. The van der Waals surface area contributed by atoms with Crippen molar-refractivity contribution in [3.8, 4) is 0 Å². The Morgan fingerprint density at radius 3 is 1.88 bits per heavy atom. The minimum absolute atomic E-state index is 0. The standard InChI is InChI=1S/C10H21N.C9H19N.C7H13NO2.2CH4/c1-5-9-7-6-8-11(9)10(2,3)4;1-8-5-6-10(7-8)9(2,3)4;1-6(2)8-3-4-10-5-7(8)9;;/h9H,5-8H2,1-4H3;8H,5-7H2,1-4H3;6H,3-5H2,1-2H3;2*1H4. The Hall–Kier alpha value is -0.650. The summed E-state index contributed by atoms with van der Waals surface area (Å²) in [7, 11) is 0. The van der Waals surface area contributed by atoms with Crippen molar-refractivity contribution in [3.05, 3.63) is 0 Å². The van der Waals surface area contributed by atoms with Crippen molar-refractivity contribution in [2.24, 2.45) is 5.92 Å². The molecule has 3 aliphatic heterocycles. The van der Waals surface area contributed by atoms with Gasteiger partial charge in [-0.05, 0) is 100 Å². The van der Waals surface area contributed by atoms with Crippen LogP contribution >= 0.6 is 0 Å². The number of ether oxygens (including phenoxy) is 1. The van der Waals surface area contributed by atoms with Crippen molar-refractivity contribution in [1.29, 1.82) is 0 Å². The Morgan fingerprint density at radius 1 is 0.970 bits per heavy atom. The molecular weight excluding hydrogens is 410 g/mol. The summed E-state index contributed by atoms with van der Waals surface area (Å²) < 4.78 is 4.97. The van der Waals surface area contributed by atoms with Crippen LogP contribution in [0, 0.1) is 5.92 Å². The molecule has 0 spiro atoms. The Bertz CT molecular complexity index is 522. The maximum Gasteiger partial charge on any atom is 0.248 e. The largest absolute Gasteiger partial charge is 0.370 e. The van der Waals surface area contributed by atoms with Gasteiger partial charge in [-0.2, -0.15) is 0 Å². The SMILES string of the molecule is C.C.CC(C)N1CCOCC1=O.CC1CCN(C(C)(C)C)C1.CCC1CCCN1C(C)(C)C. The van der Waals surface area contributed by atoms with Gasteiger partial charge < -0.3 is 9.64 Å². The minimum atomic E-state index is 0. The lowest BCUT2D eigenvalue weighted by molar-refractivity contribution is -0.144. The van der Waals surface area contributed by atoms with Gasteiger partial charge in [0.25, 0.3) is 0 Å². The van der Waals surface area contributed by atoms with Gasteiger partial charge in [-0.15, -0.1) is 0 Å². The Morgan fingerprint density at radius 2 is 1.58 bits per heavy atom. The third-order valence-electron chi connectivity index (χ3n) is 6.73. The van der Waals surface area contributed by atoms with Crippen molar-refractivity contribution in [2.45, 2.75) is 133 Å². The summed E-state index contributed by atoms with van der Waals surface area (Å²) >= 11 is 0. The third kappa shape index (κ3) is 12.0. The molecule has 33 heavy (non-hydrogen) atoms. The Balaban J connectivity index is 0. The number of hydrogen-bond donors (Lipinski definition) is 0. The van der Waals surface area contributed by atoms with Crippen LogP contribution in [-0.2, 0) is 9.53 Å². The maximum atomic E-state index is 11.0. The molecular formula is C28H61N3O2. The van der Waals surface area contributed by atoms with E-state index in [-0.39, 0.29) is 27.4 Å². The van der Waals surface area contributed by atoms with Crippen molar-refractivity contribution in [3.63, 3.8) is 0 Å². The van der Waals surface area contributed by atoms with E-state index in [9.17, 15) is 4.79 Å². The van der Waals surface area contributed by atoms with Gasteiger partial charge in [-0.1, -0.05) is 28.7 Å². The molecule has 200 valence electrons. The first kappa shape index (κ1) is 34.5. The van der Waals surface area contributed by atoms with Crippen LogP contribution in [0.2, 0.25) is 0 Å². The fourth-order valence-electron chi connectivity index (χ4n) is 4.76. The number of amides is 1. The molecule has 0 saturated carbocycles. The van der Waals surface area contributed by atoms with Gasteiger partial charge >= 0.3 is 0 Å². The van der Waals surface area contributed by atoms with Gasteiger partial charge in [0.1, 0.15) is 6.61 Å². The monoisotopic (exact) mass is 471 g/mol. The topological polar surface area (TPSA) is 36.0 Å². The molecule has 1 amide bonds. The zero-order chi connectivity index (χ0) is 23.8. The molecule has 5 heteroatoms. The van der Waals surface area contributed by atoms with E-state index >= 15 is 0 Å². The van der Waals surface area contributed by atoms with Gasteiger partial charge in [0.15, 0.2) is 0 Å². The van der Waals surface area contributed by atoms with E-state index in [1.165, 1.54) is 45.3 Å². The van der Waals surface area contributed by atoms with E-state index in [2.05, 4.69) is 65.2 Å². The van der Waals surface area contributed by atoms with Crippen molar-refractivity contribution in [2.75, 3.05) is 39.4 Å². The molecule has 3 aliphatic rings.